The summed E-state index contributed by atoms with van der Waals surface area (Å²) in [6.45, 7) is 2.79. The van der Waals surface area contributed by atoms with Crippen LogP contribution in [-0.4, -0.2) is 26.4 Å². The van der Waals surface area contributed by atoms with Crippen LogP contribution < -0.4 is 10.3 Å². The van der Waals surface area contributed by atoms with E-state index in [0.717, 1.165) is 29.7 Å². The van der Waals surface area contributed by atoms with E-state index in [9.17, 15) is 4.79 Å². The first kappa shape index (κ1) is 21.6. The molecule has 0 radical (unpaired) electrons. The molecule has 0 bridgehead atoms. The maximum Gasteiger partial charge on any atom is 0.261 e. The molecule has 0 spiro atoms. The van der Waals surface area contributed by atoms with Gasteiger partial charge in [0, 0.05) is 11.1 Å². The molecule has 0 aliphatic rings. The summed E-state index contributed by atoms with van der Waals surface area (Å²) >= 11 is 0. The number of halogens is 1. The molecular weight excluding hydrogens is 431 g/mol. The highest BCUT2D eigenvalue weighted by atomic mass is 19.1. The SMILES string of the molecule is CCCCOc1ccc(-c2cccc(-n3ncc4c(=O)[nH]cnc43)c2-c2ccccc2F)cc1. The van der Waals surface area contributed by atoms with E-state index in [1.54, 1.807) is 22.9 Å². The van der Waals surface area contributed by atoms with E-state index in [4.69, 9.17) is 4.74 Å². The third-order valence-electron chi connectivity index (χ3n) is 5.72. The molecule has 2 aromatic heterocycles. The minimum absolute atomic E-state index is 0.279. The number of aromatic nitrogens is 4. The average molecular weight is 455 g/mol. The number of hydrogen-bond donors (Lipinski definition) is 1. The van der Waals surface area contributed by atoms with Gasteiger partial charge in [-0.1, -0.05) is 55.8 Å². The van der Waals surface area contributed by atoms with Gasteiger partial charge in [-0.05, 0) is 41.8 Å². The monoisotopic (exact) mass is 454 g/mol. The molecule has 2 heterocycles. The summed E-state index contributed by atoms with van der Waals surface area (Å²) < 4.78 is 22.5. The Morgan fingerprint density at radius 3 is 2.59 bits per heavy atom. The number of ether oxygens (including phenoxy) is 1. The predicted molar refractivity (Wildman–Crippen MR) is 131 cm³/mol. The molecular formula is C27H23FN4O2. The maximum absolute atomic E-state index is 15.1. The summed E-state index contributed by atoms with van der Waals surface area (Å²) in [6.07, 6.45) is 4.88. The quantitative estimate of drug-likeness (QED) is 0.317. The fraction of sp³-hybridized carbons (Fsp3) is 0.148. The van der Waals surface area contributed by atoms with Crippen molar-refractivity contribution >= 4 is 11.0 Å². The maximum atomic E-state index is 15.1. The van der Waals surface area contributed by atoms with Gasteiger partial charge < -0.3 is 9.72 Å². The lowest BCUT2D eigenvalue weighted by molar-refractivity contribution is 0.309. The first-order chi connectivity index (χ1) is 16.7. The fourth-order valence-corrected chi connectivity index (χ4v) is 4.00. The van der Waals surface area contributed by atoms with Crippen LogP contribution in [0, 0.1) is 5.82 Å². The normalized spacial score (nSPS) is 11.1. The van der Waals surface area contributed by atoms with Gasteiger partial charge in [0.1, 0.15) is 17.0 Å². The van der Waals surface area contributed by atoms with E-state index >= 15 is 4.39 Å². The van der Waals surface area contributed by atoms with E-state index in [2.05, 4.69) is 22.0 Å². The zero-order valence-electron chi connectivity index (χ0n) is 18.7. The number of nitrogens with one attached hydrogen (secondary N) is 1. The highest BCUT2D eigenvalue weighted by molar-refractivity contribution is 5.90. The van der Waals surface area contributed by atoms with Crippen LogP contribution in [0.15, 0.2) is 84.0 Å². The van der Waals surface area contributed by atoms with Gasteiger partial charge >= 0.3 is 0 Å². The molecule has 6 nitrogen and oxygen atoms in total. The van der Waals surface area contributed by atoms with Gasteiger partial charge in [0.15, 0.2) is 5.65 Å². The van der Waals surface area contributed by atoms with Crippen molar-refractivity contribution in [2.75, 3.05) is 6.61 Å². The van der Waals surface area contributed by atoms with Crippen LogP contribution >= 0.6 is 0 Å². The minimum atomic E-state index is -0.349. The number of rotatable bonds is 7. The Hall–Kier alpha value is -4.26. The Kier molecular flexibility index (Phi) is 5.91. The van der Waals surface area contributed by atoms with Crippen molar-refractivity contribution in [1.82, 2.24) is 19.7 Å². The predicted octanol–water partition coefficient (Wildman–Crippen LogP) is 5.76. The van der Waals surface area contributed by atoms with E-state index < -0.39 is 0 Å². The standard InChI is InChI=1S/C27H23FN4O2/c1-2-3-15-34-19-13-11-18(12-14-19)20-8-6-10-24(25(20)21-7-4-5-9-23(21)28)32-26-22(16-31-32)27(33)30-17-29-26/h4-14,16-17H,2-3,15H2,1H3,(H,29,30,33). The number of unbranched alkanes of at least 4 members (excludes halogenated alkanes) is 1. The number of nitrogens with zero attached hydrogens (tertiary/aromatic N) is 3. The second kappa shape index (κ2) is 9.31. The molecule has 170 valence electrons. The Labute approximate surface area is 195 Å². The topological polar surface area (TPSA) is 72.8 Å². The Morgan fingerprint density at radius 2 is 1.79 bits per heavy atom. The third-order valence-corrected chi connectivity index (χ3v) is 5.72. The van der Waals surface area contributed by atoms with Crippen molar-refractivity contribution in [2.45, 2.75) is 19.8 Å². The van der Waals surface area contributed by atoms with Gasteiger partial charge in [-0.25, -0.2) is 14.1 Å². The smallest absolute Gasteiger partial charge is 0.261 e. The van der Waals surface area contributed by atoms with E-state index in [1.807, 2.05) is 42.5 Å². The van der Waals surface area contributed by atoms with Crippen molar-refractivity contribution in [3.05, 3.63) is 95.4 Å². The van der Waals surface area contributed by atoms with Crippen molar-refractivity contribution in [3.63, 3.8) is 0 Å². The van der Waals surface area contributed by atoms with E-state index in [0.29, 0.717) is 34.5 Å². The largest absolute Gasteiger partial charge is 0.494 e. The number of benzene rings is 3. The molecule has 0 saturated carbocycles. The zero-order chi connectivity index (χ0) is 23.5. The summed E-state index contributed by atoms with van der Waals surface area (Å²) in [5.74, 6) is 0.445. The first-order valence-electron chi connectivity index (χ1n) is 11.2. The van der Waals surface area contributed by atoms with Crippen LogP contribution in [0.2, 0.25) is 0 Å². The van der Waals surface area contributed by atoms with Crippen molar-refractivity contribution in [1.29, 1.82) is 0 Å². The summed E-state index contributed by atoms with van der Waals surface area (Å²) in [5, 5.41) is 4.79. The molecule has 7 heteroatoms. The summed E-state index contributed by atoms with van der Waals surface area (Å²) in [6, 6.07) is 20.1. The van der Waals surface area contributed by atoms with Gasteiger partial charge in [-0.3, -0.25) is 4.79 Å². The molecule has 0 amide bonds. The second-order valence-electron chi connectivity index (χ2n) is 7.93. The molecule has 0 fully saturated rings. The van der Waals surface area contributed by atoms with E-state index in [-0.39, 0.29) is 11.4 Å². The Morgan fingerprint density at radius 1 is 1.00 bits per heavy atom. The number of fused-ring (bicyclic) bond motifs is 1. The van der Waals surface area contributed by atoms with Gasteiger partial charge in [0.2, 0.25) is 0 Å². The van der Waals surface area contributed by atoms with Crippen LogP contribution in [0.4, 0.5) is 4.39 Å². The number of H-pyrrole nitrogens is 1. The molecule has 5 rings (SSSR count). The molecule has 0 aliphatic carbocycles. The molecule has 0 aliphatic heterocycles. The second-order valence-corrected chi connectivity index (χ2v) is 7.93. The van der Waals surface area contributed by atoms with Crippen molar-refractivity contribution in [2.24, 2.45) is 0 Å². The lowest BCUT2D eigenvalue weighted by Gasteiger charge is -2.17. The molecule has 0 atom stereocenters. The van der Waals surface area contributed by atoms with Gasteiger partial charge in [0.25, 0.3) is 5.56 Å². The van der Waals surface area contributed by atoms with Crippen LogP contribution in [0.25, 0.3) is 39.0 Å². The zero-order valence-corrected chi connectivity index (χ0v) is 18.7. The van der Waals surface area contributed by atoms with Gasteiger partial charge in [-0.2, -0.15) is 5.10 Å². The van der Waals surface area contributed by atoms with Crippen LogP contribution in [-0.2, 0) is 0 Å². The lowest BCUT2D eigenvalue weighted by Crippen LogP contribution is -2.07. The number of aromatic amines is 1. The van der Waals surface area contributed by atoms with Crippen LogP contribution in [0.1, 0.15) is 19.8 Å². The van der Waals surface area contributed by atoms with E-state index in [1.165, 1.54) is 18.6 Å². The Balaban J connectivity index is 1.70. The highest BCUT2D eigenvalue weighted by Crippen LogP contribution is 2.39. The molecule has 3 aromatic carbocycles. The molecule has 0 unspecified atom stereocenters. The van der Waals surface area contributed by atoms with Gasteiger partial charge in [0.05, 0.1) is 24.8 Å². The molecule has 5 aromatic rings. The molecule has 1 N–H and O–H groups in total. The summed E-state index contributed by atoms with van der Waals surface area (Å²) in [5.41, 5.74) is 3.58. The van der Waals surface area contributed by atoms with Crippen molar-refractivity contribution < 1.29 is 9.13 Å². The number of hydrogen-bond acceptors (Lipinski definition) is 4. The first-order valence-corrected chi connectivity index (χ1v) is 11.2. The summed E-state index contributed by atoms with van der Waals surface area (Å²) in [4.78, 5) is 19.1. The van der Waals surface area contributed by atoms with Crippen molar-refractivity contribution in [3.8, 4) is 33.7 Å². The molecule has 34 heavy (non-hydrogen) atoms. The van der Waals surface area contributed by atoms with Gasteiger partial charge in [-0.15, -0.1) is 0 Å². The average Bonchev–Trinajstić information content (AvgIpc) is 3.30. The third kappa shape index (κ3) is 3.96. The Bertz CT molecular complexity index is 1510. The molecule has 0 saturated heterocycles. The fourth-order valence-electron chi connectivity index (χ4n) is 4.00. The van der Waals surface area contributed by atoms with Crippen LogP contribution in [0.3, 0.4) is 0 Å². The minimum Gasteiger partial charge on any atom is -0.494 e. The van der Waals surface area contributed by atoms with Crippen LogP contribution in [0.5, 0.6) is 5.75 Å². The highest BCUT2D eigenvalue weighted by Gasteiger charge is 2.19. The lowest BCUT2D eigenvalue weighted by atomic mass is 9.92. The summed E-state index contributed by atoms with van der Waals surface area (Å²) in [7, 11) is 0.